The van der Waals surface area contributed by atoms with Crippen molar-refractivity contribution in [3.8, 4) is 11.3 Å². The molecule has 0 bridgehead atoms. The zero-order valence-corrected chi connectivity index (χ0v) is 15.5. The summed E-state index contributed by atoms with van der Waals surface area (Å²) in [6.45, 7) is 4.75. The van der Waals surface area contributed by atoms with Gasteiger partial charge in [0.05, 0.1) is 28.8 Å². The second-order valence-electron chi connectivity index (χ2n) is 6.22. The molecule has 7 heteroatoms. The van der Waals surface area contributed by atoms with E-state index < -0.39 is 0 Å². The minimum absolute atomic E-state index is 0.154. The average molecular weight is 368 g/mol. The van der Waals surface area contributed by atoms with Crippen molar-refractivity contribution in [2.75, 3.05) is 6.54 Å². The molecule has 3 rings (SSSR count). The molecule has 6 nitrogen and oxygen atoms in total. The number of amides is 1. The smallest absolute Gasteiger partial charge is 0.266 e. The lowest BCUT2D eigenvalue weighted by molar-refractivity contribution is 0.0954. The van der Waals surface area contributed by atoms with Gasteiger partial charge in [0.1, 0.15) is 0 Å². The monoisotopic (exact) mass is 368 g/mol. The Labute approximate surface area is 155 Å². The largest absolute Gasteiger partial charge is 0.352 e. The molecule has 0 aliphatic heterocycles. The summed E-state index contributed by atoms with van der Waals surface area (Å²) in [5, 5.41) is 6.01. The first-order chi connectivity index (χ1) is 12.5. The molecule has 3 aromatic rings. The number of aromatic amines is 1. The van der Waals surface area contributed by atoms with Gasteiger partial charge in [-0.25, -0.2) is 4.98 Å². The summed E-state index contributed by atoms with van der Waals surface area (Å²) in [5.41, 5.74) is 2.67. The maximum atomic E-state index is 12.4. The summed E-state index contributed by atoms with van der Waals surface area (Å²) in [6.07, 6.45) is 3.48. The van der Waals surface area contributed by atoms with E-state index in [1.807, 2.05) is 6.07 Å². The summed E-state index contributed by atoms with van der Waals surface area (Å²) < 4.78 is 0. The van der Waals surface area contributed by atoms with Crippen LogP contribution in [0.25, 0.3) is 11.3 Å². The van der Waals surface area contributed by atoms with Crippen LogP contribution < -0.4 is 10.9 Å². The zero-order chi connectivity index (χ0) is 18.5. The summed E-state index contributed by atoms with van der Waals surface area (Å²) in [6, 6.07) is 7.09. The molecule has 0 saturated carbocycles. The number of rotatable bonds is 6. The Bertz CT molecular complexity index is 962. The maximum absolute atomic E-state index is 12.4. The quantitative estimate of drug-likeness (QED) is 0.700. The Balaban J connectivity index is 1.62. The Hall–Kier alpha value is -2.80. The third-order valence-electron chi connectivity index (χ3n) is 3.87. The predicted octanol–water partition coefficient (Wildman–Crippen LogP) is 2.99. The molecule has 0 aliphatic rings. The number of H-pyrrole nitrogens is 1. The fourth-order valence-corrected chi connectivity index (χ4v) is 3.40. The highest BCUT2D eigenvalue weighted by atomic mass is 32.1. The van der Waals surface area contributed by atoms with Crippen LogP contribution in [0.15, 0.2) is 46.8 Å². The van der Waals surface area contributed by atoms with Crippen molar-refractivity contribution in [2.24, 2.45) is 0 Å². The molecule has 1 amide bonds. The number of aromatic nitrogens is 3. The van der Waals surface area contributed by atoms with Crippen LogP contribution in [0.5, 0.6) is 0 Å². The zero-order valence-electron chi connectivity index (χ0n) is 14.7. The highest BCUT2D eigenvalue weighted by Crippen LogP contribution is 2.18. The first-order valence-corrected chi connectivity index (χ1v) is 9.28. The van der Waals surface area contributed by atoms with Crippen molar-refractivity contribution >= 4 is 17.2 Å². The van der Waals surface area contributed by atoms with Gasteiger partial charge in [-0.2, -0.15) is 0 Å². The second-order valence-corrected chi connectivity index (χ2v) is 7.16. The van der Waals surface area contributed by atoms with Gasteiger partial charge in [0.15, 0.2) is 0 Å². The Morgan fingerprint density at radius 1 is 1.31 bits per heavy atom. The van der Waals surface area contributed by atoms with E-state index in [9.17, 15) is 9.59 Å². The molecular weight excluding hydrogens is 348 g/mol. The van der Waals surface area contributed by atoms with E-state index in [2.05, 4.69) is 39.5 Å². The van der Waals surface area contributed by atoms with Crippen LogP contribution in [0.2, 0.25) is 0 Å². The highest BCUT2D eigenvalue weighted by molar-refractivity contribution is 7.09. The average Bonchev–Trinajstić information content (AvgIpc) is 3.11. The Kier molecular flexibility index (Phi) is 5.58. The van der Waals surface area contributed by atoms with Crippen LogP contribution in [0.3, 0.4) is 0 Å². The number of benzene rings is 1. The van der Waals surface area contributed by atoms with E-state index in [1.165, 1.54) is 6.20 Å². The summed E-state index contributed by atoms with van der Waals surface area (Å²) in [4.78, 5) is 34.9. The van der Waals surface area contributed by atoms with Crippen LogP contribution in [-0.4, -0.2) is 27.4 Å². The molecule has 134 valence electrons. The highest BCUT2D eigenvalue weighted by Gasteiger charge is 2.09. The lowest BCUT2D eigenvalue weighted by Gasteiger charge is -2.06. The number of hydrogen-bond donors (Lipinski definition) is 2. The van der Waals surface area contributed by atoms with Crippen LogP contribution in [0.4, 0.5) is 0 Å². The van der Waals surface area contributed by atoms with Gasteiger partial charge in [-0.15, -0.1) is 11.3 Å². The minimum Gasteiger partial charge on any atom is -0.352 e. The third-order valence-corrected chi connectivity index (χ3v) is 4.80. The maximum Gasteiger partial charge on any atom is 0.266 e. The molecule has 0 radical (unpaired) electrons. The summed E-state index contributed by atoms with van der Waals surface area (Å²) in [7, 11) is 0. The molecular formula is C19H20N4O2S. The van der Waals surface area contributed by atoms with Gasteiger partial charge >= 0.3 is 0 Å². The molecule has 0 atom stereocenters. The van der Waals surface area contributed by atoms with Crippen molar-refractivity contribution in [2.45, 2.75) is 26.2 Å². The molecule has 0 unspecified atom stereocenters. The normalized spacial score (nSPS) is 10.9. The van der Waals surface area contributed by atoms with Crippen LogP contribution in [0.1, 0.15) is 40.8 Å². The van der Waals surface area contributed by atoms with E-state index in [-0.39, 0.29) is 11.5 Å². The van der Waals surface area contributed by atoms with Crippen molar-refractivity contribution < 1.29 is 4.79 Å². The third kappa shape index (κ3) is 4.43. The topological polar surface area (TPSA) is 87.7 Å². The van der Waals surface area contributed by atoms with Crippen LogP contribution in [0, 0.1) is 0 Å². The second kappa shape index (κ2) is 8.05. The number of thiazole rings is 1. The lowest BCUT2D eigenvalue weighted by atomic mass is 10.1. The molecule has 0 fully saturated rings. The number of hydrogen-bond acceptors (Lipinski definition) is 5. The van der Waals surface area contributed by atoms with E-state index in [1.54, 1.807) is 35.7 Å². The van der Waals surface area contributed by atoms with Gasteiger partial charge in [-0.1, -0.05) is 26.0 Å². The first kappa shape index (κ1) is 18.0. The van der Waals surface area contributed by atoms with Gasteiger partial charge in [-0.05, 0) is 18.1 Å². The first-order valence-electron chi connectivity index (χ1n) is 8.40. The molecule has 2 aromatic heterocycles. The van der Waals surface area contributed by atoms with E-state index in [0.29, 0.717) is 30.1 Å². The molecule has 0 saturated heterocycles. The Morgan fingerprint density at radius 2 is 2.15 bits per heavy atom. The van der Waals surface area contributed by atoms with Gasteiger partial charge in [0.2, 0.25) is 0 Å². The van der Waals surface area contributed by atoms with E-state index in [4.69, 9.17) is 0 Å². The summed E-state index contributed by atoms with van der Waals surface area (Å²) in [5.74, 6) is 0.259. The van der Waals surface area contributed by atoms with Gasteiger partial charge in [-0.3, -0.25) is 14.6 Å². The number of carbonyl (C=O) groups excluding carboxylic acids is 1. The van der Waals surface area contributed by atoms with Gasteiger partial charge < -0.3 is 10.3 Å². The van der Waals surface area contributed by atoms with Crippen LogP contribution >= 0.6 is 11.3 Å². The minimum atomic E-state index is -0.276. The van der Waals surface area contributed by atoms with Crippen molar-refractivity contribution in [3.05, 3.63) is 68.7 Å². The number of nitrogens with zero attached hydrogens (tertiary/aromatic N) is 2. The fraction of sp³-hybridized carbons (Fsp3) is 0.263. The predicted molar refractivity (Wildman–Crippen MR) is 103 cm³/mol. The van der Waals surface area contributed by atoms with Crippen molar-refractivity contribution in [3.63, 3.8) is 0 Å². The van der Waals surface area contributed by atoms with E-state index in [0.717, 1.165) is 16.3 Å². The van der Waals surface area contributed by atoms with Gasteiger partial charge in [0, 0.05) is 29.5 Å². The molecule has 0 aliphatic carbocycles. The SMILES string of the molecule is CC(C)c1csc(CCNC(=O)c2cccc(-c3cncc(=O)[nH]3)c2)n1. The number of nitrogens with one attached hydrogen (secondary N) is 2. The standard InChI is InChI=1S/C19H20N4O2S/c1-12(2)16-11-26-18(23-16)6-7-21-19(25)14-5-3-4-13(8-14)15-9-20-10-17(24)22-15/h3-5,8-12H,6-7H2,1-2H3,(H,21,25)(H,22,24). The molecule has 1 aromatic carbocycles. The lowest BCUT2D eigenvalue weighted by Crippen LogP contribution is -2.25. The molecule has 2 heterocycles. The molecule has 26 heavy (non-hydrogen) atoms. The van der Waals surface area contributed by atoms with E-state index >= 15 is 0 Å². The molecule has 0 spiro atoms. The number of carbonyl (C=O) groups is 1. The van der Waals surface area contributed by atoms with Gasteiger partial charge in [0.25, 0.3) is 11.5 Å². The van der Waals surface area contributed by atoms with Crippen molar-refractivity contribution in [1.29, 1.82) is 0 Å². The van der Waals surface area contributed by atoms with Crippen LogP contribution in [-0.2, 0) is 6.42 Å². The molecule has 2 N–H and O–H groups in total. The van der Waals surface area contributed by atoms with Crippen molar-refractivity contribution in [1.82, 2.24) is 20.3 Å². The fourth-order valence-electron chi connectivity index (χ4n) is 2.44. The Morgan fingerprint density at radius 3 is 2.88 bits per heavy atom. The summed E-state index contributed by atoms with van der Waals surface area (Å²) >= 11 is 1.62.